The van der Waals surface area contributed by atoms with Crippen molar-refractivity contribution in [2.24, 2.45) is 5.92 Å². The summed E-state index contributed by atoms with van der Waals surface area (Å²) in [5.41, 5.74) is 0.599. The second kappa shape index (κ2) is 7.63. The molecule has 1 aliphatic heterocycles. The van der Waals surface area contributed by atoms with Crippen molar-refractivity contribution >= 4 is 48.9 Å². The Morgan fingerprint density at radius 1 is 1.31 bits per heavy atom. The summed E-state index contributed by atoms with van der Waals surface area (Å²) in [7, 11) is -2.94. The number of nitrogens with one attached hydrogen (secondary N) is 2. The van der Waals surface area contributed by atoms with Crippen molar-refractivity contribution in [3.05, 3.63) is 29.1 Å². The van der Waals surface area contributed by atoms with Gasteiger partial charge < -0.3 is 15.4 Å². The Morgan fingerprint density at radius 3 is 2.81 bits per heavy atom. The van der Waals surface area contributed by atoms with Gasteiger partial charge in [0.15, 0.2) is 9.84 Å². The van der Waals surface area contributed by atoms with Crippen LogP contribution >= 0.6 is 11.3 Å². The number of sulfone groups is 1. The molecule has 1 aromatic carbocycles. The minimum atomic E-state index is -2.94. The number of fused-ring (bicyclic) bond motifs is 1. The van der Waals surface area contributed by atoms with E-state index in [1.165, 1.54) is 11.3 Å². The summed E-state index contributed by atoms with van der Waals surface area (Å²) in [6.07, 6.45) is 0.583. The summed E-state index contributed by atoms with van der Waals surface area (Å²) < 4.78 is 28.8. The normalized spacial score (nSPS) is 18.6. The van der Waals surface area contributed by atoms with Gasteiger partial charge in [-0.05, 0) is 48.9 Å². The van der Waals surface area contributed by atoms with Crippen LogP contribution in [0.1, 0.15) is 23.0 Å². The molecule has 0 radical (unpaired) electrons. The van der Waals surface area contributed by atoms with Gasteiger partial charge in [-0.3, -0.25) is 0 Å². The van der Waals surface area contributed by atoms with Gasteiger partial charge in [0, 0.05) is 16.9 Å². The van der Waals surface area contributed by atoms with Crippen molar-refractivity contribution in [2.45, 2.75) is 13.3 Å². The van der Waals surface area contributed by atoms with Crippen LogP contribution in [0.2, 0.25) is 0 Å². The zero-order valence-corrected chi connectivity index (χ0v) is 15.9. The molecule has 9 heteroatoms. The molecule has 7 nitrogen and oxygen atoms in total. The zero-order valence-electron chi connectivity index (χ0n) is 14.3. The molecule has 0 spiro atoms. The van der Waals surface area contributed by atoms with Crippen LogP contribution in [0.15, 0.2) is 24.3 Å². The number of ether oxygens (including phenoxy) is 1. The lowest BCUT2D eigenvalue weighted by Gasteiger charge is -2.11. The van der Waals surface area contributed by atoms with Gasteiger partial charge in [0.25, 0.3) is 0 Å². The molecule has 0 saturated carbocycles. The molecule has 0 aliphatic carbocycles. The number of carbonyl (C=O) groups is 2. The Bertz CT molecular complexity index is 936. The summed E-state index contributed by atoms with van der Waals surface area (Å²) in [5.74, 6) is -0.0617. The Kier molecular flexibility index (Phi) is 5.47. The van der Waals surface area contributed by atoms with E-state index in [1.807, 2.05) is 6.07 Å². The molecule has 1 saturated heterocycles. The minimum absolute atomic E-state index is 0.0303. The first-order valence-corrected chi connectivity index (χ1v) is 11.0. The summed E-state index contributed by atoms with van der Waals surface area (Å²) in [5, 5.41) is 6.29. The van der Waals surface area contributed by atoms with Crippen molar-refractivity contribution in [2.75, 3.05) is 30.0 Å². The number of thiophene rings is 1. The van der Waals surface area contributed by atoms with Gasteiger partial charge in [0.2, 0.25) is 0 Å². The molecule has 26 heavy (non-hydrogen) atoms. The van der Waals surface area contributed by atoms with Crippen molar-refractivity contribution in [3.8, 4) is 0 Å². The Hall–Kier alpha value is -2.13. The molecule has 2 aromatic rings. The molecule has 0 bridgehead atoms. The molecular weight excluding hydrogens is 376 g/mol. The molecule has 2 amide bonds. The topological polar surface area (TPSA) is 102 Å². The molecule has 1 aliphatic rings. The van der Waals surface area contributed by atoms with Crippen LogP contribution in [-0.4, -0.2) is 45.1 Å². The molecule has 140 valence electrons. The van der Waals surface area contributed by atoms with Gasteiger partial charge in [0.05, 0.1) is 18.1 Å². The lowest BCUT2D eigenvalue weighted by Crippen LogP contribution is -2.33. The molecule has 1 fully saturated rings. The quantitative estimate of drug-likeness (QED) is 0.757. The highest BCUT2D eigenvalue weighted by atomic mass is 32.2. The van der Waals surface area contributed by atoms with E-state index < -0.39 is 9.84 Å². The largest absolute Gasteiger partial charge is 0.462 e. The van der Waals surface area contributed by atoms with Crippen molar-refractivity contribution in [1.29, 1.82) is 0 Å². The third kappa shape index (κ3) is 4.53. The van der Waals surface area contributed by atoms with Gasteiger partial charge in [-0.15, -0.1) is 11.3 Å². The number of esters is 1. The summed E-state index contributed by atoms with van der Waals surface area (Å²) >= 11 is 1.34. The van der Waals surface area contributed by atoms with Crippen molar-refractivity contribution in [1.82, 2.24) is 5.32 Å². The first kappa shape index (κ1) is 18.7. The van der Waals surface area contributed by atoms with E-state index in [0.29, 0.717) is 30.1 Å². The zero-order chi connectivity index (χ0) is 18.7. The molecule has 1 aromatic heterocycles. The Balaban J connectivity index is 1.59. The predicted molar refractivity (Wildman–Crippen MR) is 102 cm³/mol. The van der Waals surface area contributed by atoms with Crippen LogP contribution in [-0.2, 0) is 14.6 Å². The fourth-order valence-corrected chi connectivity index (χ4v) is 5.67. The number of amides is 2. The van der Waals surface area contributed by atoms with E-state index in [0.717, 1.165) is 10.1 Å². The molecule has 3 rings (SSSR count). The highest BCUT2D eigenvalue weighted by molar-refractivity contribution is 7.91. The Labute approximate surface area is 155 Å². The summed E-state index contributed by atoms with van der Waals surface area (Å²) in [6, 6.07) is 6.74. The van der Waals surface area contributed by atoms with Crippen molar-refractivity contribution < 1.29 is 22.7 Å². The fourth-order valence-electron chi connectivity index (χ4n) is 2.87. The summed E-state index contributed by atoms with van der Waals surface area (Å²) in [6.45, 7) is 2.41. The van der Waals surface area contributed by atoms with Crippen LogP contribution in [0.5, 0.6) is 0 Å². The average Bonchev–Trinajstić information content (AvgIpc) is 3.15. The third-order valence-electron chi connectivity index (χ3n) is 4.13. The second-order valence-electron chi connectivity index (χ2n) is 6.19. The van der Waals surface area contributed by atoms with E-state index in [1.54, 1.807) is 25.1 Å². The molecular formula is C17H20N2O5S2. The molecule has 2 heterocycles. The number of urea groups is 1. The average molecular weight is 396 g/mol. The molecule has 1 atom stereocenters. The predicted octanol–water partition coefficient (Wildman–Crippen LogP) is 2.63. The number of benzene rings is 1. The third-order valence-corrected chi connectivity index (χ3v) is 7.06. The van der Waals surface area contributed by atoms with Crippen LogP contribution < -0.4 is 10.6 Å². The van der Waals surface area contributed by atoms with Crippen LogP contribution in [0.25, 0.3) is 10.1 Å². The first-order valence-electron chi connectivity index (χ1n) is 8.32. The standard InChI is InChI=1S/C17H20N2O5S2/c1-2-24-16(20)15-8-12-7-13(3-4-14(12)25-15)19-17(21)18-9-11-5-6-26(22,23)10-11/h3-4,7-8,11H,2,5-6,9-10H2,1H3,(H2,18,19,21). The van der Waals surface area contributed by atoms with Gasteiger partial charge >= 0.3 is 12.0 Å². The second-order valence-corrected chi connectivity index (χ2v) is 9.50. The molecule has 1 unspecified atom stereocenters. The maximum Gasteiger partial charge on any atom is 0.348 e. The van der Waals surface area contributed by atoms with Gasteiger partial charge in [-0.25, -0.2) is 18.0 Å². The smallest absolute Gasteiger partial charge is 0.348 e. The lowest BCUT2D eigenvalue weighted by atomic mass is 10.1. The first-order chi connectivity index (χ1) is 12.4. The highest BCUT2D eigenvalue weighted by Gasteiger charge is 2.27. The minimum Gasteiger partial charge on any atom is -0.462 e. The van der Waals surface area contributed by atoms with Gasteiger partial charge in [-0.1, -0.05) is 0 Å². The van der Waals surface area contributed by atoms with Gasteiger partial charge in [0.1, 0.15) is 4.88 Å². The van der Waals surface area contributed by atoms with Crippen LogP contribution in [0.3, 0.4) is 0 Å². The highest BCUT2D eigenvalue weighted by Crippen LogP contribution is 2.28. The van der Waals surface area contributed by atoms with Crippen LogP contribution in [0, 0.1) is 5.92 Å². The van der Waals surface area contributed by atoms with E-state index in [9.17, 15) is 18.0 Å². The Morgan fingerprint density at radius 2 is 2.12 bits per heavy atom. The van der Waals surface area contributed by atoms with Crippen molar-refractivity contribution in [3.63, 3.8) is 0 Å². The molecule has 2 N–H and O–H groups in total. The van der Waals surface area contributed by atoms with Crippen LogP contribution in [0.4, 0.5) is 10.5 Å². The lowest BCUT2D eigenvalue weighted by molar-refractivity contribution is 0.0532. The number of rotatable bonds is 5. The van der Waals surface area contributed by atoms with E-state index in [2.05, 4.69) is 10.6 Å². The number of anilines is 1. The summed E-state index contributed by atoms with van der Waals surface area (Å²) in [4.78, 5) is 24.3. The van der Waals surface area contributed by atoms with E-state index in [4.69, 9.17) is 4.74 Å². The van der Waals surface area contributed by atoms with E-state index in [-0.39, 0.29) is 29.4 Å². The van der Waals surface area contributed by atoms with Gasteiger partial charge in [-0.2, -0.15) is 0 Å². The number of hydrogen-bond acceptors (Lipinski definition) is 6. The maximum atomic E-state index is 12.0. The maximum absolute atomic E-state index is 12.0. The number of carbonyl (C=O) groups excluding carboxylic acids is 2. The van der Waals surface area contributed by atoms with E-state index >= 15 is 0 Å². The number of hydrogen-bond donors (Lipinski definition) is 2. The fraction of sp³-hybridized carbons (Fsp3) is 0.412. The monoisotopic (exact) mass is 396 g/mol. The SMILES string of the molecule is CCOC(=O)c1cc2cc(NC(=O)NCC3CCS(=O)(=O)C3)ccc2s1.